The Morgan fingerprint density at radius 3 is 2.76 bits per heavy atom. The van der Waals surface area contributed by atoms with Crippen molar-refractivity contribution in [1.82, 2.24) is 14.8 Å². The van der Waals surface area contributed by atoms with Crippen LogP contribution in [0.25, 0.3) is 0 Å². The fourth-order valence-corrected chi connectivity index (χ4v) is 2.96. The molecule has 5 nitrogen and oxygen atoms in total. The number of likely N-dealkylation sites (tertiary alicyclic amines) is 1. The van der Waals surface area contributed by atoms with Gasteiger partial charge in [0.15, 0.2) is 0 Å². The Morgan fingerprint density at radius 1 is 1.52 bits per heavy atom. The third-order valence-corrected chi connectivity index (χ3v) is 3.90. The van der Waals surface area contributed by atoms with Crippen molar-refractivity contribution in [3.05, 3.63) is 23.5 Å². The van der Waals surface area contributed by atoms with Gasteiger partial charge in [0.25, 0.3) is 0 Å². The third-order valence-electron chi connectivity index (χ3n) is 3.90. The summed E-state index contributed by atoms with van der Waals surface area (Å²) in [5.41, 5.74) is 1.60. The number of carbonyl (C=O) groups excluding carboxylic acids is 1. The molecular weight excluding hydrogens is 264 g/mol. The number of H-pyrrole nitrogens is 1. The Balaban J connectivity index is 1.88. The van der Waals surface area contributed by atoms with Gasteiger partial charge >= 0.3 is 0 Å². The fraction of sp³-hybridized carbons (Fsp3) is 0.625. The van der Waals surface area contributed by atoms with Gasteiger partial charge in [-0.1, -0.05) is 0 Å². The maximum Gasteiger partial charge on any atom is 0.223 e. The zero-order chi connectivity index (χ0) is 15.6. The molecule has 5 heteroatoms. The molecule has 0 spiro atoms. The average Bonchev–Trinajstić information content (AvgIpc) is 2.95. The van der Waals surface area contributed by atoms with E-state index in [1.54, 1.807) is 0 Å². The van der Waals surface area contributed by atoms with E-state index in [-0.39, 0.29) is 11.4 Å². The first-order valence-electron chi connectivity index (χ1n) is 7.36. The van der Waals surface area contributed by atoms with Crippen molar-refractivity contribution in [2.24, 2.45) is 5.92 Å². The molecule has 1 aromatic heterocycles. The van der Waals surface area contributed by atoms with Crippen molar-refractivity contribution >= 4 is 5.91 Å². The van der Waals surface area contributed by atoms with Gasteiger partial charge in [-0.2, -0.15) is 5.26 Å². The van der Waals surface area contributed by atoms with Crippen LogP contribution >= 0.6 is 0 Å². The number of aromatic amines is 1. The Kier molecular flexibility index (Phi) is 4.38. The van der Waals surface area contributed by atoms with E-state index in [4.69, 9.17) is 5.26 Å². The molecule has 0 aromatic carbocycles. The molecule has 0 saturated carbocycles. The first-order chi connectivity index (χ1) is 9.79. The van der Waals surface area contributed by atoms with E-state index in [9.17, 15) is 4.79 Å². The summed E-state index contributed by atoms with van der Waals surface area (Å²) in [4.78, 5) is 19.2. The van der Waals surface area contributed by atoms with Gasteiger partial charge in [0.2, 0.25) is 5.91 Å². The minimum atomic E-state index is -0.0905. The summed E-state index contributed by atoms with van der Waals surface area (Å²) in [5, 5.41) is 8.81. The van der Waals surface area contributed by atoms with Gasteiger partial charge < -0.3 is 14.8 Å². The van der Waals surface area contributed by atoms with Crippen LogP contribution in [0.1, 0.15) is 38.4 Å². The van der Waals surface area contributed by atoms with E-state index in [0.717, 1.165) is 25.2 Å². The number of hydrogen-bond acceptors (Lipinski definition) is 3. The molecule has 1 N–H and O–H groups in total. The summed E-state index contributed by atoms with van der Waals surface area (Å²) in [5.74, 6) is 0.644. The molecule has 0 bridgehead atoms. The monoisotopic (exact) mass is 288 g/mol. The minimum Gasteiger partial charge on any atom is -0.353 e. The summed E-state index contributed by atoms with van der Waals surface area (Å²) in [6.45, 7) is 8.77. The van der Waals surface area contributed by atoms with Crippen LogP contribution in [0.3, 0.4) is 0 Å². The van der Waals surface area contributed by atoms with Crippen LogP contribution < -0.4 is 0 Å². The predicted octanol–water partition coefficient (Wildman–Crippen LogP) is 1.97. The molecule has 1 aliphatic rings. The SMILES string of the molecule is CN(Cc1c[nH]c(C#N)c1)C[C@H]1CC(=O)N(C(C)(C)C)C1. The standard InChI is InChI=1S/C16H24N4O/c1-16(2,3)20-11-13(6-15(20)21)10-19(4)9-12-5-14(7-17)18-8-12/h5,8,13,18H,6,9-11H2,1-4H3/t13-/m1/s1. The van der Waals surface area contributed by atoms with E-state index in [1.165, 1.54) is 0 Å². The fourth-order valence-electron chi connectivity index (χ4n) is 2.96. The lowest BCUT2D eigenvalue weighted by Crippen LogP contribution is -2.42. The van der Waals surface area contributed by atoms with E-state index >= 15 is 0 Å². The van der Waals surface area contributed by atoms with Crippen LogP contribution in [0.15, 0.2) is 12.3 Å². The first-order valence-corrected chi connectivity index (χ1v) is 7.36. The van der Waals surface area contributed by atoms with Gasteiger partial charge in [-0.05, 0) is 45.4 Å². The quantitative estimate of drug-likeness (QED) is 0.921. The number of nitrogens with one attached hydrogen (secondary N) is 1. The second kappa shape index (κ2) is 5.90. The molecule has 0 aliphatic carbocycles. The highest BCUT2D eigenvalue weighted by Crippen LogP contribution is 2.26. The number of carbonyl (C=O) groups is 1. The molecular formula is C16H24N4O. The molecule has 1 aliphatic heterocycles. The minimum absolute atomic E-state index is 0.0905. The molecule has 1 saturated heterocycles. The Bertz CT molecular complexity index is 549. The third kappa shape index (κ3) is 3.85. The Labute approximate surface area is 126 Å². The largest absolute Gasteiger partial charge is 0.353 e. The lowest BCUT2D eigenvalue weighted by molar-refractivity contribution is -0.131. The van der Waals surface area contributed by atoms with E-state index in [1.807, 2.05) is 17.2 Å². The topological polar surface area (TPSA) is 63.1 Å². The molecule has 0 unspecified atom stereocenters. The summed E-state index contributed by atoms with van der Waals surface area (Å²) < 4.78 is 0. The van der Waals surface area contributed by atoms with Crippen molar-refractivity contribution < 1.29 is 4.79 Å². The molecule has 1 amide bonds. The highest BCUT2D eigenvalue weighted by atomic mass is 16.2. The predicted molar refractivity (Wildman–Crippen MR) is 81.4 cm³/mol. The van der Waals surface area contributed by atoms with Crippen LogP contribution in [-0.4, -0.2) is 46.4 Å². The van der Waals surface area contributed by atoms with Crippen molar-refractivity contribution in [2.75, 3.05) is 20.1 Å². The number of hydrogen-bond donors (Lipinski definition) is 1. The zero-order valence-corrected chi connectivity index (χ0v) is 13.3. The maximum absolute atomic E-state index is 12.1. The summed E-state index contributed by atoms with van der Waals surface area (Å²) in [7, 11) is 2.06. The molecule has 1 aromatic rings. The number of amides is 1. The number of nitrogens with zero attached hydrogens (tertiary/aromatic N) is 3. The van der Waals surface area contributed by atoms with Crippen LogP contribution in [0.5, 0.6) is 0 Å². The maximum atomic E-state index is 12.1. The van der Waals surface area contributed by atoms with Gasteiger partial charge in [0.05, 0.1) is 0 Å². The summed E-state index contributed by atoms with van der Waals surface area (Å²) in [6.07, 6.45) is 2.51. The van der Waals surface area contributed by atoms with Gasteiger partial charge in [-0.15, -0.1) is 0 Å². The Morgan fingerprint density at radius 2 is 2.24 bits per heavy atom. The van der Waals surface area contributed by atoms with Gasteiger partial charge in [-0.25, -0.2) is 0 Å². The molecule has 0 radical (unpaired) electrons. The molecule has 114 valence electrons. The average molecular weight is 288 g/mol. The number of nitriles is 1. The van der Waals surface area contributed by atoms with Crippen LogP contribution in [0.4, 0.5) is 0 Å². The van der Waals surface area contributed by atoms with Crippen LogP contribution in [-0.2, 0) is 11.3 Å². The first kappa shape index (κ1) is 15.6. The van der Waals surface area contributed by atoms with E-state index < -0.39 is 0 Å². The van der Waals surface area contributed by atoms with Gasteiger partial charge in [0, 0.05) is 37.8 Å². The lowest BCUT2D eigenvalue weighted by atomic mass is 10.1. The Hall–Kier alpha value is -1.80. The normalized spacial score (nSPS) is 19.3. The molecule has 1 fully saturated rings. The van der Waals surface area contributed by atoms with Crippen LogP contribution in [0.2, 0.25) is 0 Å². The summed E-state index contributed by atoms with van der Waals surface area (Å²) >= 11 is 0. The second-order valence-corrected chi connectivity index (χ2v) is 6.98. The molecule has 2 rings (SSSR count). The van der Waals surface area contributed by atoms with Crippen molar-refractivity contribution in [3.8, 4) is 6.07 Å². The number of rotatable bonds is 4. The van der Waals surface area contributed by atoms with Gasteiger partial charge in [0.1, 0.15) is 11.8 Å². The number of aromatic nitrogens is 1. The van der Waals surface area contributed by atoms with Crippen LogP contribution in [0, 0.1) is 17.2 Å². The van der Waals surface area contributed by atoms with E-state index in [2.05, 4.69) is 43.8 Å². The highest BCUT2D eigenvalue weighted by Gasteiger charge is 2.36. The smallest absolute Gasteiger partial charge is 0.223 e. The highest BCUT2D eigenvalue weighted by molar-refractivity contribution is 5.79. The van der Waals surface area contributed by atoms with Crippen molar-refractivity contribution in [1.29, 1.82) is 5.26 Å². The lowest BCUT2D eigenvalue weighted by Gasteiger charge is -2.32. The van der Waals surface area contributed by atoms with E-state index in [0.29, 0.717) is 18.0 Å². The van der Waals surface area contributed by atoms with Crippen molar-refractivity contribution in [2.45, 2.75) is 39.3 Å². The molecule has 2 heterocycles. The summed E-state index contributed by atoms with van der Waals surface area (Å²) in [6, 6.07) is 3.97. The molecule has 21 heavy (non-hydrogen) atoms. The molecule has 1 atom stereocenters. The zero-order valence-electron chi connectivity index (χ0n) is 13.3. The van der Waals surface area contributed by atoms with Crippen molar-refractivity contribution in [3.63, 3.8) is 0 Å². The second-order valence-electron chi connectivity index (χ2n) is 6.98. The van der Waals surface area contributed by atoms with Gasteiger partial charge in [-0.3, -0.25) is 4.79 Å².